The van der Waals surface area contributed by atoms with Crippen LogP contribution in [-0.2, 0) is 5.54 Å². The number of nitrogens with zero attached hydrogens (tertiary/aromatic N) is 4. The molecule has 0 spiro atoms. The molecule has 0 atom stereocenters. The first-order valence-corrected chi connectivity index (χ1v) is 6.91. The smallest absolute Gasteiger partial charge is 0.182 e. The molecule has 0 unspecified atom stereocenters. The first kappa shape index (κ1) is 14.4. The predicted molar refractivity (Wildman–Crippen MR) is 76.5 cm³/mol. The van der Waals surface area contributed by atoms with Gasteiger partial charge in [-0.05, 0) is 47.9 Å². The molecule has 0 bridgehead atoms. The van der Waals surface area contributed by atoms with Gasteiger partial charge in [0.05, 0.1) is 5.54 Å². The highest BCUT2D eigenvalue weighted by atomic mass is 19.1. The van der Waals surface area contributed by atoms with Crippen LogP contribution in [-0.4, -0.2) is 20.2 Å². The third-order valence-electron chi connectivity index (χ3n) is 4.07. The summed E-state index contributed by atoms with van der Waals surface area (Å²) in [4.78, 5) is 0. The molecule has 0 saturated carbocycles. The second-order valence-electron chi connectivity index (χ2n) is 4.97. The van der Waals surface area contributed by atoms with E-state index in [1.54, 1.807) is 10.7 Å². The summed E-state index contributed by atoms with van der Waals surface area (Å²) in [5.74, 6) is 0.173. The number of nitrogens with two attached hydrogens (primary N) is 1. The van der Waals surface area contributed by atoms with Crippen LogP contribution in [0.2, 0.25) is 0 Å². The van der Waals surface area contributed by atoms with Crippen molar-refractivity contribution < 1.29 is 4.39 Å². The molecule has 1 aromatic carbocycles. The van der Waals surface area contributed by atoms with Crippen LogP contribution in [0.4, 0.5) is 10.1 Å². The normalized spacial score (nSPS) is 11.8. The average molecular weight is 277 g/mol. The topological polar surface area (TPSA) is 69.6 Å². The number of halogens is 1. The highest BCUT2D eigenvalue weighted by Gasteiger charge is 2.31. The molecule has 2 rings (SSSR count). The zero-order chi connectivity index (χ0) is 14.8. The number of benzene rings is 1. The Kier molecular flexibility index (Phi) is 4.01. The van der Waals surface area contributed by atoms with E-state index in [1.807, 2.05) is 0 Å². The maximum atomic E-state index is 13.5. The van der Waals surface area contributed by atoms with Gasteiger partial charge in [0.25, 0.3) is 0 Å². The van der Waals surface area contributed by atoms with E-state index in [0.717, 1.165) is 19.3 Å². The highest BCUT2D eigenvalue weighted by Crippen LogP contribution is 2.32. The second kappa shape index (κ2) is 5.56. The first-order valence-electron chi connectivity index (χ1n) is 6.91. The summed E-state index contributed by atoms with van der Waals surface area (Å²) in [5.41, 5.74) is 6.52. The Labute approximate surface area is 118 Å². The molecule has 6 heteroatoms. The SMILES string of the molecule is CCC(CC)(CC)n1nnnc1-c1cc(N)cc(F)c1. The maximum Gasteiger partial charge on any atom is 0.182 e. The van der Waals surface area contributed by atoms with Gasteiger partial charge in [-0.1, -0.05) is 20.8 Å². The summed E-state index contributed by atoms with van der Waals surface area (Å²) in [6.07, 6.45) is 2.72. The van der Waals surface area contributed by atoms with Crippen LogP contribution in [0.15, 0.2) is 18.2 Å². The Morgan fingerprint density at radius 2 is 1.80 bits per heavy atom. The lowest BCUT2D eigenvalue weighted by atomic mass is 9.89. The largest absolute Gasteiger partial charge is 0.399 e. The van der Waals surface area contributed by atoms with Gasteiger partial charge in [-0.3, -0.25) is 0 Å². The molecule has 0 radical (unpaired) electrons. The molecule has 0 aliphatic rings. The van der Waals surface area contributed by atoms with E-state index in [9.17, 15) is 4.39 Å². The van der Waals surface area contributed by atoms with Gasteiger partial charge < -0.3 is 5.73 Å². The fraction of sp³-hybridized carbons (Fsp3) is 0.500. The zero-order valence-electron chi connectivity index (χ0n) is 12.1. The van der Waals surface area contributed by atoms with Gasteiger partial charge >= 0.3 is 0 Å². The van der Waals surface area contributed by atoms with Gasteiger partial charge in [0.15, 0.2) is 5.82 Å². The summed E-state index contributed by atoms with van der Waals surface area (Å²) in [7, 11) is 0. The maximum absolute atomic E-state index is 13.5. The van der Waals surface area contributed by atoms with Crippen molar-refractivity contribution in [1.82, 2.24) is 20.2 Å². The summed E-state index contributed by atoms with van der Waals surface area (Å²) in [5, 5.41) is 12.0. The van der Waals surface area contributed by atoms with Crippen molar-refractivity contribution in [3.8, 4) is 11.4 Å². The number of tetrazole rings is 1. The van der Waals surface area contributed by atoms with Gasteiger partial charge in [0.2, 0.25) is 0 Å². The van der Waals surface area contributed by atoms with E-state index < -0.39 is 0 Å². The minimum atomic E-state index is -0.385. The number of nitrogen functional groups attached to an aromatic ring is 1. The molecule has 108 valence electrons. The Hall–Kier alpha value is -1.98. The quantitative estimate of drug-likeness (QED) is 0.853. The van der Waals surface area contributed by atoms with Gasteiger partial charge in [-0.2, -0.15) is 0 Å². The number of anilines is 1. The standard InChI is InChI=1S/C14H20FN5/c1-4-14(5-2,6-3)20-13(17-18-19-20)10-7-11(15)9-12(16)8-10/h7-9H,4-6,16H2,1-3H3. The molecular weight excluding hydrogens is 257 g/mol. The molecule has 1 aromatic heterocycles. The molecule has 1 heterocycles. The van der Waals surface area contributed by atoms with Gasteiger partial charge in [-0.25, -0.2) is 9.07 Å². The fourth-order valence-corrected chi connectivity index (χ4v) is 2.63. The molecule has 0 fully saturated rings. The zero-order valence-corrected chi connectivity index (χ0v) is 12.1. The predicted octanol–water partition coefficient (Wildman–Crippen LogP) is 2.99. The van der Waals surface area contributed by atoms with E-state index in [4.69, 9.17) is 5.73 Å². The molecule has 5 nitrogen and oxygen atoms in total. The lowest BCUT2D eigenvalue weighted by Crippen LogP contribution is -2.33. The van der Waals surface area contributed by atoms with Crippen LogP contribution in [0.1, 0.15) is 40.0 Å². The van der Waals surface area contributed by atoms with E-state index in [-0.39, 0.29) is 11.4 Å². The Bertz CT molecular complexity index is 560. The fourth-order valence-electron chi connectivity index (χ4n) is 2.63. The van der Waals surface area contributed by atoms with Crippen molar-refractivity contribution in [2.75, 3.05) is 5.73 Å². The second-order valence-corrected chi connectivity index (χ2v) is 4.97. The van der Waals surface area contributed by atoms with Gasteiger partial charge in [-0.15, -0.1) is 5.10 Å². The van der Waals surface area contributed by atoms with E-state index in [0.29, 0.717) is 17.1 Å². The van der Waals surface area contributed by atoms with Crippen LogP contribution in [0, 0.1) is 5.82 Å². The van der Waals surface area contributed by atoms with Crippen LogP contribution in [0.25, 0.3) is 11.4 Å². The third kappa shape index (κ3) is 2.37. The van der Waals surface area contributed by atoms with Crippen LogP contribution >= 0.6 is 0 Å². The highest BCUT2D eigenvalue weighted by molar-refractivity contribution is 5.61. The Morgan fingerprint density at radius 3 is 2.35 bits per heavy atom. The first-order chi connectivity index (χ1) is 9.56. The Balaban J connectivity index is 2.57. The number of rotatable bonds is 5. The van der Waals surface area contributed by atoms with Crippen molar-refractivity contribution in [1.29, 1.82) is 0 Å². The molecule has 0 amide bonds. The molecule has 2 N–H and O–H groups in total. The number of aromatic nitrogens is 4. The van der Waals surface area contributed by atoms with Crippen LogP contribution in [0.3, 0.4) is 0 Å². The van der Waals surface area contributed by atoms with Crippen molar-refractivity contribution in [2.24, 2.45) is 0 Å². The lowest BCUT2D eigenvalue weighted by molar-refractivity contribution is 0.223. The van der Waals surface area contributed by atoms with E-state index in [1.165, 1.54) is 12.1 Å². The minimum absolute atomic E-state index is 0.153. The third-order valence-corrected chi connectivity index (χ3v) is 4.07. The minimum Gasteiger partial charge on any atom is -0.399 e. The summed E-state index contributed by atoms with van der Waals surface area (Å²) < 4.78 is 15.3. The summed E-state index contributed by atoms with van der Waals surface area (Å²) in [6, 6.07) is 4.38. The molecule has 20 heavy (non-hydrogen) atoms. The number of hydrogen-bond acceptors (Lipinski definition) is 4. The van der Waals surface area contributed by atoms with Crippen molar-refractivity contribution in [3.63, 3.8) is 0 Å². The van der Waals surface area contributed by atoms with Gasteiger partial charge in [0.1, 0.15) is 5.82 Å². The number of hydrogen-bond donors (Lipinski definition) is 1. The molecular formula is C14H20FN5. The average Bonchev–Trinajstić information content (AvgIpc) is 2.90. The summed E-state index contributed by atoms with van der Waals surface area (Å²) >= 11 is 0. The summed E-state index contributed by atoms with van der Waals surface area (Å²) in [6.45, 7) is 6.33. The van der Waals surface area contributed by atoms with E-state index >= 15 is 0 Å². The van der Waals surface area contributed by atoms with Crippen molar-refractivity contribution in [2.45, 2.75) is 45.6 Å². The van der Waals surface area contributed by atoms with E-state index in [2.05, 4.69) is 36.3 Å². The molecule has 0 saturated heterocycles. The van der Waals surface area contributed by atoms with Crippen LogP contribution < -0.4 is 5.73 Å². The lowest BCUT2D eigenvalue weighted by Gasteiger charge is -2.31. The van der Waals surface area contributed by atoms with Crippen molar-refractivity contribution >= 4 is 5.69 Å². The van der Waals surface area contributed by atoms with Crippen LogP contribution in [0.5, 0.6) is 0 Å². The monoisotopic (exact) mass is 277 g/mol. The molecule has 0 aliphatic carbocycles. The molecule has 0 aliphatic heterocycles. The Morgan fingerprint density at radius 1 is 1.15 bits per heavy atom. The van der Waals surface area contributed by atoms with Gasteiger partial charge in [0, 0.05) is 11.3 Å². The van der Waals surface area contributed by atoms with Crippen molar-refractivity contribution in [3.05, 3.63) is 24.0 Å². The molecule has 2 aromatic rings.